The molecular weight excluding hydrogens is 369 g/mol. The molecule has 0 radical (unpaired) electrons. The van der Waals surface area contributed by atoms with Crippen molar-refractivity contribution in [3.8, 4) is 6.07 Å². The molecule has 138 valence electrons. The summed E-state index contributed by atoms with van der Waals surface area (Å²) in [5, 5.41) is 8.85. The summed E-state index contributed by atoms with van der Waals surface area (Å²) >= 11 is 5.60. The van der Waals surface area contributed by atoms with Crippen LogP contribution in [0, 0.1) is 11.3 Å². The number of unbranched alkanes of at least 4 members (excludes halogenated alkanes) is 2. The molecule has 26 heavy (non-hydrogen) atoms. The number of nitrogens with zero attached hydrogens (tertiary/aromatic N) is 2. The van der Waals surface area contributed by atoms with E-state index in [1.54, 1.807) is 0 Å². The number of benzene rings is 1. The van der Waals surface area contributed by atoms with Crippen molar-refractivity contribution in [3.05, 3.63) is 40.5 Å². The van der Waals surface area contributed by atoms with E-state index >= 15 is 0 Å². The van der Waals surface area contributed by atoms with Crippen molar-refractivity contribution in [2.24, 2.45) is 0 Å². The minimum atomic E-state index is -4.76. The largest absolute Gasteiger partial charge is 0.417 e. The summed E-state index contributed by atoms with van der Waals surface area (Å²) < 4.78 is 39.4. The topological polar surface area (TPSA) is 61.2 Å². The quantitative estimate of drug-likeness (QED) is 0.410. The number of hydrogen-bond donors (Lipinski definition) is 0. The van der Waals surface area contributed by atoms with Crippen molar-refractivity contribution in [2.75, 3.05) is 10.8 Å². The number of carbonyl (C=O) groups is 2. The highest BCUT2D eigenvalue weighted by atomic mass is 35.5. The van der Waals surface area contributed by atoms with E-state index in [-0.39, 0.29) is 11.3 Å². The Balaban J connectivity index is 2.32. The highest BCUT2D eigenvalue weighted by Crippen LogP contribution is 2.36. The van der Waals surface area contributed by atoms with Crippen LogP contribution < -0.4 is 4.90 Å². The summed E-state index contributed by atoms with van der Waals surface area (Å²) in [5.41, 5.74) is -1.39. The Morgan fingerprint density at radius 1 is 1.15 bits per heavy atom. The van der Waals surface area contributed by atoms with Crippen LogP contribution in [-0.4, -0.2) is 17.7 Å². The molecule has 2 rings (SSSR count). The maximum atomic E-state index is 13.1. The van der Waals surface area contributed by atoms with Gasteiger partial charge in [-0.2, -0.15) is 18.4 Å². The number of alkyl halides is 4. The molecule has 0 fully saturated rings. The van der Waals surface area contributed by atoms with Crippen molar-refractivity contribution in [1.82, 2.24) is 0 Å². The van der Waals surface area contributed by atoms with Crippen LogP contribution in [0.3, 0.4) is 0 Å². The Bertz CT molecular complexity index is 810. The van der Waals surface area contributed by atoms with Gasteiger partial charge in [0, 0.05) is 17.0 Å². The molecule has 0 bridgehead atoms. The van der Waals surface area contributed by atoms with Gasteiger partial charge in [-0.1, -0.05) is 6.42 Å². The normalized spacial score (nSPS) is 15.0. The number of carbonyl (C=O) groups excluding carboxylic acids is 2. The molecule has 1 aliphatic rings. The molecule has 0 saturated heterocycles. The Hall–Kier alpha value is -2.33. The first kappa shape index (κ1) is 20.0. The monoisotopic (exact) mass is 384 g/mol. The summed E-state index contributed by atoms with van der Waals surface area (Å²) in [6.07, 6.45) is -2.17. The van der Waals surface area contributed by atoms with E-state index in [0.29, 0.717) is 30.4 Å². The van der Waals surface area contributed by atoms with Gasteiger partial charge in [0.15, 0.2) is 0 Å². The summed E-state index contributed by atoms with van der Waals surface area (Å²) in [7, 11) is 0. The zero-order chi connectivity index (χ0) is 19.5. The van der Waals surface area contributed by atoms with Gasteiger partial charge in [-0.25, -0.2) is 4.90 Å². The first-order valence-corrected chi connectivity index (χ1v) is 8.51. The van der Waals surface area contributed by atoms with E-state index in [1.165, 1.54) is 19.1 Å². The summed E-state index contributed by atoms with van der Waals surface area (Å²) in [4.78, 5) is 25.7. The maximum Gasteiger partial charge on any atom is 0.417 e. The van der Waals surface area contributed by atoms with Crippen molar-refractivity contribution >= 4 is 29.1 Å². The molecule has 0 aliphatic carbocycles. The lowest BCUT2D eigenvalue weighted by Crippen LogP contribution is -2.31. The lowest BCUT2D eigenvalue weighted by molar-refractivity contribution is -0.138. The first-order chi connectivity index (χ1) is 12.2. The standard InChI is InChI=1S/C18H16ClF3N2O2/c1-11-14(5-3-2-4-8-19)17(26)24(16(11)25)13-7-6-12(10-23)15(9-13)18(20,21)22/h6-7,9H,2-5,8H2,1H3. The van der Waals surface area contributed by atoms with Gasteiger partial charge >= 0.3 is 6.18 Å². The van der Waals surface area contributed by atoms with E-state index in [1.807, 2.05) is 0 Å². The lowest BCUT2D eigenvalue weighted by Gasteiger charge is -2.18. The molecule has 0 saturated carbocycles. The number of nitriles is 1. The molecule has 0 atom stereocenters. The Morgan fingerprint density at radius 3 is 2.42 bits per heavy atom. The smallest absolute Gasteiger partial charge is 0.269 e. The highest BCUT2D eigenvalue weighted by Gasteiger charge is 2.39. The predicted octanol–water partition coefficient (Wildman–Crippen LogP) is 4.57. The van der Waals surface area contributed by atoms with Crippen molar-refractivity contribution < 1.29 is 22.8 Å². The van der Waals surface area contributed by atoms with Crippen molar-refractivity contribution in [3.63, 3.8) is 0 Å². The molecule has 8 heteroatoms. The number of anilines is 1. The molecule has 1 aromatic carbocycles. The second-order valence-corrected chi connectivity index (χ2v) is 6.27. The van der Waals surface area contributed by atoms with Gasteiger partial charge in [-0.15, -0.1) is 11.6 Å². The van der Waals surface area contributed by atoms with E-state index in [0.717, 1.165) is 23.8 Å². The number of halogens is 4. The van der Waals surface area contributed by atoms with Gasteiger partial charge in [0.25, 0.3) is 11.8 Å². The van der Waals surface area contributed by atoms with Gasteiger partial charge in [0.05, 0.1) is 22.9 Å². The molecule has 2 amide bonds. The van der Waals surface area contributed by atoms with Crippen LogP contribution in [0.5, 0.6) is 0 Å². The maximum absolute atomic E-state index is 13.1. The second-order valence-electron chi connectivity index (χ2n) is 5.89. The van der Waals surface area contributed by atoms with Crippen LogP contribution in [0.1, 0.15) is 43.7 Å². The lowest BCUT2D eigenvalue weighted by atomic mass is 10.0. The molecule has 0 spiro atoms. The molecule has 1 heterocycles. The fourth-order valence-electron chi connectivity index (χ4n) is 2.79. The van der Waals surface area contributed by atoms with Crippen LogP contribution in [0.4, 0.5) is 18.9 Å². The van der Waals surface area contributed by atoms with E-state index in [9.17, 15) is 22.8 Å². The molecule has 0 N–H and O–H groups in total. The Kier molecular flexibility index (Phi) is 6.09. The molecule has 0 unspecified atom stereocenters. The Morgan fingerprint density at radius 2 is 1.85 bits per heavy atom. The minimum absolute atomic E-state index is 0.193. The molecule has 0 aromatic heterocycles. The van der Waals surface area contributed by atoms with E-state index < -0.39 is 29.1 Å². The van der Waals surface area contributed by atoms with Gasteiger partial charge in [-0.3, -0.25) is 9.59 Å². The van der Waals surface area contributed by atoms with E-state index in [2.05, 4.69) is 0 Å². The molecular formula is C18H16ClF3N2O2. The fourth-order valence-corrected chi connectivity index (χ4v) is 2.98. The average Bonchev–Trinajstić information content (AvgIpc) is 2.80. The number of hydrogen-bond acceptors (Lipinski definition) is 3. The average molecular weight is 385 g/mol. The summed E-state index contributed by atoms with van der Waals surface area (Å²) in [5.74, 6) is -0.751. The third-order valence-electron chi connectivity index (χ3n) is 4.19. The first-order valence-electron chi connectivity index (χ1n) is 7.98. The van der Waals surface area contributed by atoms with Crippen LogP contribution in [0.2, 0.25) is 0 Å². The predicted molar refractivity (Wildman–Crippen MR) is 90.5 cm³/mol. The van der Waals surface area contributed by atoms with Crippen molar-refractivity contribution in [1.29, 1.82) is 5.26 Å². The van der Waals surface area contributed by atoms with Crippen LogP contribution in [0.15, 0.2) is 29.3 Å². The van der Waals surface area contributed by atoms with Crippen LogP contribution in [-0.2, 0) is 15.8 Å². The van der Waals surface area contributed by atoms with Gasteiger partial charge in [-0.05, 0) is 44.4 Å². The Labute approximate surface area is 153 Å². The molecule has 4 nitrogen and oxygen atoms in total. The fraction of sp³-hybridized carbons (Fsp3) is 0.389. The number of rotatable bonds is 6. The zero-order valence-electron chi connectivity index (χ0n) is 14.0. The molecule has 1 aliphatic heterocycles. The molecule has 1 aromatic rings. The van der Waals surface area contributed by atoms with Gasteiger partial charge in [0.1, 0.15) is 0 Å². The summed E-state index contributed by atoms with van der Waals surface area (Å²) in [6, 6.07) is 4.27. The van der Waals surface area contributed by atoms with Gasteiger partial charge < -0.3 is 0 Å². The number of amides is 2. The van der Waals surface area contributed by atoms with Crippen molar-refractivity contribution in [2.45, 2.75) is 38.8 Å². The third-order valence-corrected chi connectivity index (χ3v) is 4.45. The second kappa shape index (κ2) is 7.92. The van der Waals surface area contributed by atoms with Crippen LogP contribution >= 0.6 is 11.6 Å². The third kappa shape index (κ3) is 3.91. The number of imide groups is 1. The summed E-state index contributed by atoms with van der Waals surface area (Å²) in [6.45, 7) is 1.49. The van der Waals surface area contributed by atoms with Crippen LogP contribution in [0.25, 0.3) is 0 Å². The SMILES string of the molecule is CC1=C(CCCCCCl)C(=O)N(c2ccc(C#N)c(C(F)(F)F)c2)C1=O. The zero-order valence-corrected chi connectivity index (χ0v) is 14.7. The highest BCUT2D eigenvalue weighted by molar-refractivity contribution is 6.32. The minimum Gasteiger partial charge on any atom is -0.269 e. The van der Waals surface area contributed by atoms with E-state index in [4.69, 9.17) is 16.9 Å². The van der Waals surface area contributed by atoms with Gasteiger partial charge in [0.2, 0.25) is 0 Å².